The summed E-state index contributed by atoms with van der Waals surface area (Å²) in [5.74, 6) is -0.0770. The Labute approximate surface area is 194 Å². The summed E-state index contributed by atoms with van der Waals surface area (Å²) < 4.78 is 3.03. The van der Waals surface area contributed by atoms with Gasteiger partial charge in [-0.25, -0.2) is 9.97 Å². The van der Waals surface area contributed by atoms with Gasteiger partial charge in [-0.1, -0.05) is 29.0 Å². The summed E-state index contributed by atoms with van der Waals surface area (Å²) in [7, 11) is 0. The normalized spacial score (nSPS) is 11.1. The summed E-state index contributed by atoms with van der Waals surface area (Å²) >= 11 is 9.37. The van der Waals surface area contributed by atoms with Crippen molar-refractivity contribution in [3.05, 3.63) is 69.9 Å². The lowest BCUT2D eigenvalue weighted by atomic mass is 10.2. The van der Waals surface area contributed by atoms with Gasteiger partial charge in [0.05, 0.1) is 16.5 Å². The van der Waals surface area contributed by atoms with Gasteiger partial charge in [0.15, 0.2) is 5.13 Å². The molecule has 0 bridgehead atoms. The lowest BCUT2D eigenvalue weighted by Gasteiger charge is -2.18. The Morgan fingerprint density at radius 2 is 2.20 bits per heavy atom. The molecule has 3 aromatic heterocycles. The van der Waals surface area contributed by atoms with E-state index in [0.717, 1.165) is 33.6 Å². The van der Waals surface area contributed by atoms with E-state index in [-0.39, 0.29) is 18.3 Å². The maximum Gasteiger partial charge on any atom is 0.252 e. The number of amides is 1. The Hall–Kier alpha value is -2.19. The minimum Gasteiger partial charge on any atom is -0.337 e. The van der Waals surface area contributed by atoms with Crippen LogP contribution in [-0.4, -0.2) is 27.0 Å². The molecule has 0 radical (unpaired) electrons. The third kappa shape index (κ3) is 5.10. The minimum absolute atomic E-state index is 0. The van der Waals surface area contributed by atoms with E-state index in [1.54, 1.807) is 34.8 Å². The van der Waals surface area contributed by atoms with E-state index < -0.39 is 0 Å². The molecule has 0 aliphatic rings. The number of aromatic nitrogens is 3. The Morgan fingerprint density at radius 1 is 1.33 bits per heavy atom. The number of anilines is 1. The first-order valence-corrected chi connectivity index (χ1v) is 11.2. The number of fused-ring (bicyclic) bond motifs is 1. The molecule has 30 heavy (non-hydrogen) atoms. The average molecular weight is 479 g/mol. The second kappa shape index (κ2) is 10.2. The number of carbonyl (C=O) groups is 1. The fourth-order valence-corrected chi connectivity index (χ4v) is 4.79. The number of halogens is 2. The van der Waals surface area contributed by atoms with Crippen LogP contribution in [0.5, 0.6) is 0 Å². The van der Waals surface area contributed by atoms with Crippen LogP contribution in [-0.2, 0) is 11.3 Å². The van der Waals surface area contributed by atoms with Crippen LogP contribution < -0.4 is 4.90 Å². The summed E-state index contributed by atoms with van der Waals surface area (Å²) in [5.41, 5.74) is 1.79. The van der Waals surface area contributed by atoms with Crippen LogP contribution in [0.4, 0.5) is 5.13 Å². The highest BCUT2D eigenvalue weighted by molar-refractivity contribution is 7.22. The molecular formula is C21H20Cl2N4OS2. The van der Waals surface area contributed by atoms with Crippen LogP contribution >= 0.6 is 46.7 Å². The molecule has 0 aliphatic heterocycles. The summed E-state index contributed by atoms with van der Waals surface area (Å²) in [5, 5.41) is 3.37. The molecule has 0 N–H and O–H groups in total. The van der Waals surface area contributed by atoms with Gasteiger partial charge in [-0.3, -0.25) is 9.69 Å². The molecule has 0 unspecified atom stereocenters. The molecule has 0 fully saturated rings. The van der Waals surface area contributed by atoms with Crippen LogP contribution in [0.1, 0.15) is 16.9 Å². The monoisotopic (exact) mass is 478 g/mol. The summed E-state index contributed by atoms with van der Waals surface area (Å²) in [4.78, 5) is 24.6. The van der Waals surface area contributed by atoms with E-state index >= 15 is 0 Å². The van der Waals surface area contributed by atoms with E-state index in [1.807, 2.05) is 53.4 Å². The number of hydrogen-bond acceptors (Lipinski definition) is 5. The lowest BCUT2D eigenvalue weighted by Crippen LogP contribution is -2.30. The number of thiophene rings is 1. The molecule has 0 spiro atoms. The van der Waals surface area contributed by atoms with Crippen molar-refractivity contribution >= 4 is 74.0 Å². The van der Waals surface area contributed by atoms with E-state index in [0.29, 0.717) is 16.7 Å². The molecule has 1 amide bonds. The zero-order valence-corrected chi connectivity index (χ0v) is 19.4. The molecular weight excluding hydrogens is 459 g/mol. The Kier molecular flexibility index (Phi) is 7.66. The molecule has 9 heteroatoms. The SMILES string of the molecule is Cc1c(Cl)ccc2sc(N(CCCn3ccnc3)C(=O)C=Cc3cccs3)nc12.Cl. The second-order valence-corrected chi connectivity index (χ2v) is 8.90. The fraction of sp³-hybridized carbons (Fsp3) is 0.190. The van der Waals surface area contributed by atoms with Gasteiger partial charge >= 0.3 is 0 Å². The van der Waals surface area contributed by atoms with Gasteiger partial charge in [-0.15, -0.1) is 23.7 Å². The Balaban J connectivity index is 0.00000256. The minimum atomic E-state index is -0.0770. The quantitative estimate of drug-likeness (QED) is 0.302. The first kappa shape index (κ1) is 22.5. The lowest BCUT2D eigenvalue weighted by molar-refractivity contribution is -0.114. The third-order valence-corrected chi connectivity index (χ3v) is 6.81. The van der Waals surface area contributed by atoms with Crippen LogP contribution in [0.2, 0.25) is 5.02 Å². The third-order valence-electron chi connectivity index (χ3n) is 4.52. The number of benzene rings is 1. The van der Waals surface area contributed by atoms with Crippen molar-refractivity contribution < 1.29 is 4.79 Å². The molecule has 0 saturated carbocycles. The molecule has 4 aromatic rings. The van der Waals surface area contributed by atoms with Gasteiger partial charge in [-0.05, 0) is 48.6 Å². The van der Waals surface area contributed by atoms with Crippen LogP contribution in [0.3, 0.4) is 0 Å². The number of imidazole rings is 1. The van der Waals surface area contributed by atoms with E-state index in [4.69, 9.17) is 16.6 Å². The van der Waals surface area contributed by atoms with Gasteiger partial charge in [0.1, 0.15) is 0 Å². The van der Waals surface area contributed by atoms with Crippen molar-refractivity contribution in [2.45, 2.75) is 19.9 Å². The van der Waals surface area contributed by atoms with Gasteiger partial charge in [0.2, 0.25) is 0 Å². The highest BCUT2D eigenvalue weighted by Gasteiger charge is 2.19. The number of thiazole rings is 1. The number of rotatable bonds is 7. The molecule has 4 rings (SSSR count). The zero-order valence-electron chi connectivity index (χ0n) is 16.2. The molecule has 0 aliphatic carbocycles. The predicted molar refractivity (Wildman–Crippen MR) is 129 cm³/mol. The summed E-state index contributed by atoms with van der Waals surface area (Å²) in [6.07, 6.45) is 9.73. The molecule has 3 heterocycles. The van der Waals surface area contributed by atoms with E-state index in [2.05, 4.69) is 4.98 Å². The summed E-state index contributed by atoms with van der Waals surface area (Å²) in [6, 6.07) is 7.79. The first-order chi connectivity index (χ1) is 14.1. The number of hydrogen-bond donors (Lipinski definition) is 0. The van der Waals surface area contributed by atoms with Crippen LogP contribution in [0.25, 0.3) is 16.3 Å². The fourth-order valence-electron chi connectivity index (χ4n) is 2.96. The maximum atomic E-state index is 13.0. The van der Waals surface area contributed by atoms with Crippen LogP contribution in [0, 0.1) is 6.92 Å². The van der Waals surface area contributed by atoms with Gasteiger partial charge in [0, 0.05) is 41.5 Å². The van der Waals surface area contributed by atoms with Crippen LogP contribution in [0.15, 0.2) is 54.4 Å². The Morgan fingerprint density at radius 3 is 2.93 bits per heavy atom. The highest BCUT2D eigenvalue weighted by atomic mass is 35.5. The smallest absolute Gasteiger partial charge is 0.252 e. The average Bonchev–Trinajstić information content (AvgIpc) is 3.48. The van der Waals surface area contributed by atoms with Crippen molar-refractivity contribution in [3.8, 4) is 0 Å². The van der Waals surface area contributed by atoms with Crippen molar-refractivity contribution in [1.29, 1.82) is 0 Å². The molecule has 0 saturated heterocycles. The standard InChI is InChI=1S/C21H19ClN4OS2.ClH/c1-15-17(22)6-7-18-20(15)24-21(29-18)26(11-3-10-25-12-9-23-14-25)19(27)8-5-16-4-2-13-28-16;/h2,4-9,12-14H,3,10-11H2,1H3;1H. The largest absolute Gasteiger partial charge is 0.337 e. The topological polar surface area (TPSA) is 51.0 Å². The van der Waals surface area contributed by atoms with E-state index in [9.17, 15) is 4.79 Å². The highest BCUT2D eigenvalue weighted by Crippen LogP contribution is 2.33. The summed E-state index contributed by atoms with van der Waals surface area (Å²) in [6.45, 7) is 3.31. The molecule has 0 atom stereocenters. The zero-order chi connectivity index (χ0) is 20.2. The molecule has 5 nitrogen and oxygen atoms in total. The van der Waals surface area contributed by atoms with Crippen molar-refractivity contribution in [1.82, 2.24) is 14.5 Å². The Bertz CT molecular complexity index is 1140. The van der Waals surface area contributed by atoms with Gasteiger partial charge in [0.25, 0.3) is 5.91 Å². The number of carbonyl (C=O) groups excluding carboxylic acids is 1. The number of aryl methyl sites for hydroxylation is 2. The molecule has 1 aromatic carbocycles. The van der Waals surface area contributed by atoms with Crippen molar-refractivity contribution in [2.75, 3.05) is 11.4 Å². The second-order valence-electron chi connectivity index (χ2n) is 6.51. The van der Waals surface area contributed by atoms with Crippen molar-refractivity contribution in [3.63, 3.8) is 0 Å². The predicted octanol–water partition coefficient (Wildman–Crippen LogP) is 6.07. The maximum absolute atomic E-state index is 13.0. The van der Waals surface area contributed by atoms with Gasteiger partial charge < -0.3 is 4.57 Å². The molecule has 156 valence electrons. The first-order valence-electron chi connectivity index (χ1n) is 9.16. The van der Waals surface area contributed by atoms with Crippen molar-refractivity contribution in [2.24, 2.45) is 0 Å². The number of nitrogens with zero attached hydrogens (tertiary/aromatic N) is 4. The van der Waals surface area contributed by atoms with Gasteiger partial charge in [-0.2, -0.15) is 0 Å². The van der Waals surface area contributed by atoms with E-state index in [1.165, 1.54) is 11.3 Å².